The summed E-state index contributed by atoms with van der Waals surface area (Å²) in [5, 5.41) is 4.27. The molecule has 1 N–H and O–H groups in total. The van der Waals surface area contributed by atoms with Crippen LogP contribution < -0.4 is 10.1 Å². The minimum Gasteiger partial charge on any atom is -0.492 e. The molecule has 18 heavy (non-hydrogen) atoms. The van der Waals surface area contributed by atoms with Crippen LogP contribution in [0.25, 0.3) is 0 Å². The third-order valence-corrected chi connectivity index (χ3v) is 3.69. The number of halogens is 1. The van der Waals surface area contributed by atoms with Crippen LogP contribution in [0.4, 0.5) is 0 Å². The quantitative estimate of drug-likeness (QED) is 0.790. The third-order valence-electron chi connectivity index (χ3n) is 3.28. The molecule has 1 saturated carbocycles. The van der Waals surface area contributed by atoms with Crippen LogP contribution >= 0.6 is 11.6 Å². The second kappa shape index (κ2) is 5.94. The zero-order valence-corrected chi connectivity index (χ0v) is 12.2. The van der Waals surface area contributed by atoms with E-state index in [1.807, 2.05) is 13.0 Å². The summed E-state index contributed by atoms with van der Waals surface area (Å²) in [5.74, 6) is 1.40. The van der Waals surface area contributed by atoms with Crippen molar-refractivity contribution in [3.8, 4) is 5.75 Å². The van der Waals surface area contributed by atoms with Crippen molar-refractivity contribution < 1.29 is 4.74 Å². The van der Waals surface area contributed by atoms with Gasteiger partial charge in [-0.05, 0) is 48.9 Å². The van der Waals surface area contributed by atoms with E-state index in [-0.39, 0.29) is 0 Å². The van der Waals surface area contributed by atoms with Gasteiger partial charge in [-0.3, -0.25) is 0 Å². The van der Waals surface area contributed by atoms with E-state index in [9.17, 15) is 0 Å². The van der Waals surface area contributed by atoms with E-state index in [1.165, 1.54) is 18.4 Å². The molecule has 1 fully saturated rings. The van der Waals surface area contributed by atoms with Crippen molar-refractivity contribution >= 4 is 11.6 Å². The van der Waals surface area contributed by atoms with Crippen molar-refractivity contribution in [1.82, 2.24) is 5.32 Å². The zero-order chi connectivity index (χ0) is 13.1. The van der Waals surface area contributed by atoms with Crippen molar-refractivity contribution in [3.63, 3.8) is 0 Å². The molecule has 1 aliphatic rings. The molecule has 0 aliphatic heterocycles. The molecule has 0 spiro atoms. The molecule has 1 aromatic rings. The van der Waals surface area contributed by atoms with E-state index in [2.05, 4.69) is 25.2 Å². The normalized spacial score (nSPS) is 15.2. The van der Waals surface area contributed by atoms with Crippen LogP contribution in [-0.2, 0) is 0 Å². The van der Waals surface area contributed by atoms with E-state index in [0.717, 1.165) is 35.5 Å². The van der Waals surface area contributed by atoms with Gasteiger partial charge in [-0.25, -0.2) is 0 Å². The van der Waals surface area contributed by atoms with Gasteiger partial charge < -0.3 is 10.1 Å². The molecule has 1 aliphatic carbocycles. The van der Waals surface area contributed by atoms with Gasteiger partial charge in [0.1, 0.15) is 12.4 Å². The average Bonchev–Trinajstić information content (AvgIpc) is 3.12. The Labute approximate surface area is 115 Å². The Morgan fingerprint density at radius 2 is 2.11 bits per heavy atom. The van der Waals surface area contributed by atoms with Crippen molar-refractivity contribution in [3.05, 3.63) is 28.3 Å². The van der Waals surface area contributed by atoms with Crippen molar-refractivity contribution in [1.29, 1.82) is 0 Å². The number of benzene rings is 1. The molecule has 100 valence electrons. The molecule has 0 amide bonds. The zero-order valence-electron chi connectivity index (χ0n) is 11.4. The summed E-state index contributed by atoms with van der Waals surface area (Å²) in [6.45, 7) is 7.98. The van der Waals surface area contributed by atoms with Gasteiger partial charge >= 0.3 is 0 Å². The molecule has 1 aromatic carbocycles. The van der Waals surface area contributed by atoms with E-state index in [4.69, 9.17) is 16.3 Å². The number of hydrogen-bond acceptors (Lipinski definition) is 2. The topological polar surface area (TPSA) is 21.3 Å². The summed E-state index contributed by atoms with van der Waals surface area (Å²) >= 11 is 6.17. The van der Waals surface area contributed by atoms with Crippen LogP contribution in [0, 0.1) is 6.92 Å². The Kier molecular flexibility index (Phi) is 4.52. The predicted octanol–water partition coefficient (Wildman–Crippen LogP) is 3.90. The highest BCUT2D eigenvalue weighted by atomic mass is 35.5. The van der Waals surface area contributed by atoms with Gasteiger partial charge in [0, 0.05) is 17.6 Å². The van der Waals surface area contributed by atoms with E-state index >= 15 is 0 Å². The van der Waals surface area contributed by atoms with Crippen LogP contribution in [0.2, 0.25) is 5.02 Å². The van der Waals surface area contributed by atoms with Crippen molar-refractivity contribution in [2.24, 2.45) is 0 Å². The number of rotatable bonds is 6. The Hall–Kier alpha value is -0.730. The van der Waals surface area contributed by atoms with Crippen molar-refractivity contribution in [2.75, 3.05) is 13.2 Å². The SMILES string of the molecule is Cc1cc(OCCNC2CC2)c(C(C)C)cc1Cl. The fraction of sp³-hybridized carbons (Fsp3) is 0.600. The van der Waals surface area contributed by atoms with E-state index < -0.39 is 0 Å². The first-order valence-corrected chi connectivity index (χ1v) is 7.12. The maximum Gasteiger partial charge on any atom is 0.123 e. The molecule has 2 rings (SSSR count). The lowest BCUT2D eigenvalue weighted by molar-refractivity contribution is 0.309. The van der Waals surface area contributed by atoms with Gasteiger partial charge in [-0.1, -0.05) is 25.4 Å². The summed E-state index contributed by atoms with van der Waals surface area (Å²) in [5.41, 5.74) is 2.27. The standard InChI is InChI=1S/C15H22ClNO/c1-10(2)13-9-14(16)11(3)8-15(13)18-7-6-17-12-4-5-12/h8-10,12,17H,4-7H2,1-3H3. The largest absolute Gasteiger partial charge is 0.492 e. The molecular weight excluding hydrogens is 246 g/mol. The molecule has 0 aromatic heterocycles. The maximum absolute atomic E-state index is 6.17. The third kappa shape index (κ3) is 3.63. The van der Waals surface area contributed by atoms with Gasteiger partial charge in [0.05, 0.1) is 0 Å². The van der Waals surface area contributed by atoms with Crippen LogP contribution in [0.15, 0.2) is 12.1 Å². The van der Waals surface area contributed by atoms with Gasteiger partial charge in [-0.15, -0.1) is 0 Å². The Morgan fingerprint density at radius 1 is 1.39 bits per heavy atom. The molecule has 0 bridgehead atoms. The minimum absolute atomic E-state index is 0.425. The summed E-state index contributed by atoms with van der Waals surface area (Å²) in [4.78, 5) is 0. The van der Waals surface area contributed by atoms with Crippen LogP contribution in [-0.4, -0.2) is 19.2 Å². The monoisotopic (exact) mass is 267 g/mol. The van der Waals surface area contributed by atoms with Gasteiger partial charge in [0.15, 0.2) is 0 Å². The Balaban J connectivity index is 1.97. The Morgan fingerprint density at radius 3 is 2.72 bits per heavy atom. The summed E-state index contributed by atoms with van der Waals surface area (Å²) in [7, 11) is 0. The summed E-state index contributed by atoms with van der Waals surface area (Å²) in [6, 6.07) is 4.82. The molecule has 0 unspecified atom stereocenters. The first kappa shape index (κ1) is 13.7. The summed E-state index contributed by atoms with van der Waals surface area (Å²) < 4.78 is 5.89. The molecule has 0 radical (unpaired) electrons. The number of ether oxygens (including phenoxy) is 1. The highest BCUT2D eigenvalue weighted by Crippen LogP contribution is 2.31. The highest BCUT2D eigenvalue weighted by molar-refractivity contribution is 6.31. The number of aryl methyl sites for hydroxylation is 1. The van der Waals surface area contributed by atoms with E-state index in [1.54, 1.807) is 0 Å². The van der Waals surface area contributed by atoms with Crippen molar-refractivity contribution in [2.45, 2.75) is 45.6 Å². The molecule has 0 atom stereocenters. The second-order valence-electron chi connectivity index (χ2n) is 5.37. The first-order chi connectivity index (χ1) is 8.58. The second-order valence-corrected chi connectivity index (χ2v) is 5.78. The smallest absolute Gasteiger partial charge is 0.123 e. The minimum atomic E-state index is 0.425. The molecule has 0 heterocycles. The predicted molar refractivity (Wildman–Crippen MR) is 76.8 cm³/mol. The molecule has 2 nitrogen and oxygen atoms in total. The fourth-order valence-corrected chi connectivity index (χ4v) is 2.13. The molecular formula is C15H22ClNO. The molecule has 3 heteroatoms. The van der Waals surface area contributed by atoms with Crippen LogP contribution in [0.3, 0.4) is 0 Å². The van der Waals surface area contributed by atoms with Crippen LogP contribution in [0.1, 0.15) is 43.7 Å². The van der Waals surface area contributed by atoms with Gasteiger partial charge in [0.25, 0.3) is 0 Å². The first-order valence-electron chi connectivity index (χ1n) is 6.74. The van der Waals surface area contributed by atoms with Gasteiger partial charge in [-0.2, -0.15) is 0 Å². The molecule has 0 saturated heterocycles. The lowest BCUT2D eigenvalue weighted by Crippen LogP contribution is -2.23. The number of nitrogens with one attached hydrogen (secondary N) is 1. The maximum atomic E-state index is 6.17. The lowest BCUT2D eigenvalue weighted by atomic mass is 10.0. The Bertz CT molecular complexity index is 413. The lowest BCUT2D eigenvalue weighted by Gasteiger charge is -2.16. The number of hydrogen-bond donors (Lipinski definition) is 1. The highest BCUT2D eigenvalue weighted by Gasteiger charge is 2.19. The summed E-state index contributed by atoms with van der Waals surface area (Å²) in [6.07, 6.45) is 2.63. The van der Waals surface area contributed by atoms with Crippen LogP contribution in [0.5, 0.6) is 5.75 Å². The van der Waals surface area contributed by atoms with Gasteiger partial charge in [0.2, 0.25) is 0 Å². The average molecular weight is 268 g/mol. The van der Waals surface area contributed by atoms with E-state index in [0.29, 0.717) is 5.92 Å². The fourth-order valence-electron chi connectivity index (χ4n) is 1.96.